The number of hydrogen-bond acceptors (Lipinski definition) is 3. The fraction of sp³-hybridized carbons (Fsp3) is 1.00. The molecule has 0 aliphatic heterocycles. The van der Waals surface area contributed by atoms with Gasteiger partial charge in [0.1, 0.15) is 0 Å². The summed E-state index contributed by atoms with van der Waals surface area (Å²) in [5, 5.41) is 0. The zero-order chi connectivity index (χ0) is 12.7. The van der Waals surface area contributed by atoms with Crippen molar-refractivity contribution >= 4 is 0 Å². The predicted molar refractivity (Wildman–Crippen MR) is 73.1 cm³/mol. The Morgan fingerprint density at radius 2 is 1.82 bits per heavy atom. The van der Waals surface area contributed by atoms with E-state index in [-0.39, 0.29) is 0 Å². The molecular formula is C14H30N2O. The third-order valence-corrected chi connectivity index (χ3v) is 4.31. The van der Waals surface area contributed by atoms with Gasteiger partial charge in [-0.2, -0.15) is 0 Å². The van der Waals surface area contributed by atoms with Crippen LogP contribution in [0.25, 0.3) is 0 Å². The number of methoxy groups -OCH3 is 1. The molecule has 0 aromatic heterocycles. The van der Waals surface area contributed by atoms with Crippen LogP contribution in [0.1, 0.15) is 45.4 Å². The average molecular weight is 242 g/mol. The van der Waals surface area contributed by atoms with Gasteiger partial charge in [0.15, 0.2) is 0 Å². The van der Waals surface area contributed by atoms with Gasteiger partial charge in [-0.05, 0) is 32.7 Å². The number of rotatable bonds is 6. The summed E-state index contributed by atoms with van der Waals surface area (Å²) in [6.45, 7) is 3.79. The van der Waals surface area contributed by atoms with E-state index in [1.807, 2.05) is 0 Å². The molecule has 0 radical (unpaired) electrons. The third-order valence-electron chi connectivity index (χ3n) is 4.31. The van der Waals surface area contributed by atoms with E-state index in [1.165, 1.54) is 38.5 Å². The summed E-state index contributed by atoms with van der Waals surface area (Å²) in [5.41, 5.74) is 6.01. The number of likely N-dealkylation sites (N-methyl/N-ethyl adjacent to an activating group) is 1. The standard InChI is InChI=1S/C14H30N2O/c1-12(11-17-3)16(2)14(10-15)13-8-6-4-5-7-9-13/h12-14H,4-11,15H2,1-3H3. The van der Waals surface area contributed by atoms with Crippen molar-refractivity contribution in [2.75, 3.05) is 27.3 Å². The molecule has 0 spiro atoms. The molecule has 1 aliphatic carbocycles. The molecule has 0 saturated heterocycles. The molecule has 2 unspecified atom stereocenters. The smallest absolute Gasteiger partial charge is 0.0615 e. The molecule has 1 rings (SSSR count). The molecule has 0 amide bonds. The van der Waals surface area contributed by atoms with E-state index in [1.54, 1.807) is 7.11 Å². The second-order valence-corrected chi connectivity index (χ2v) is 5.52. The summed E-state index contributed by atoms with van der Waals surface area (Å²) >= 11 is 0. The van der Waals surface area contributed by atoms with Crippen LogP contribution in [-0.2, 0) is 4.74 Å². The third kappa shape index (κ3) is 4.57. The number of nitrogens with two attached hydrogens (primary N) is 1. The fourth-order valence-corrected chi connectivity index (χ4v) is 3.07. The summed E-state index contributed by atoms with van der Waals surface area (Å²) in [6.07, 6.45) is 8.29. The van der Waals surface area contributed by atoms with Gasteiger partial charge < -0.3 is 10.5 Å². The van der Waals surface area contributed by atoms with E-state index in [0.717, 1.165) is 19.1 Å². The van der Waals surface area contributed by atoms with Crippen LogP contribution in [-0.4, -0.2) is 44.3 Å². The van der Waals surface area contributed by atoms with Crippen LogP contribution >= 0.6 is 0 Å². The molecule has 1 fully saturated rings. The maximum absolute atomic E-state index is 6.01. The molecule has 1 aliphatic rings. The number of hydrogen-bond donors (Lipinski definition) is 1. The molecular weight excluding hydrogens is 212 g/mol. The Balaban J connectivity index is 2.54. The van der Waals surface area contributed by atoms with Gasteiger partial charge in [0.05, 0.1) is 6.61 Å². The van der Waals surface area contributed by atoms with Crippen LogP contribution < -0.4 is 5.73 Å². The van der Waals surface area contributed by atoms with Gasteiger partial charge in [0.2, 0.25) is 0 Å². The molecule has 2 N–H and O–H groups in total. The zero-order valence-electron chi connectivity index (χ0n) is 11.8. The van der Waals surface area contributed by atoms with Gasteiger partial charge in [0.25, 0.3) is 0 Å². The lowest BCUT2D eigenvalue weighted by atomic mass is 9.90. The van der Waals surface area contributed by atoms with Gasteiger partial charge in [-0.25, -0.2) is 0 Å². The molecule has 3 heteroatoms. The molecule has 0 aromatic rings. The summed E-state index contributed by atoms with van der Waals surface area (Å²) < 4.78 is 5.25. The minimum atomic E-state index is 0.455. The molecule has 0 bridgehead atoms. The van der Waals surface area contributed by atoms with Crippen LogP contribution in [0.2, 0.25) is 0 Å². The first-order chi connectivity index (χ1) is 8.20. The van der Waals surface area contributed by atoms with Crippen LogP contribution in [0.5, 0.6) is 0 Å². The molecule has 0 aromatic carbocycles. The van der Waals surface area contributed by atoms with E-state index in [9.17, 15) is 0 Å². The first-order valence-corrected chi connectivity index (χ1v) is 7.11. The van der Waals surface area contributed by atoms with Crippen molar-refractivity contribution in [1.29, 1.82) is 0 Å². The largest absolute Gasteiger partial charge is 0.383 e. The minimum absolute atomic E-state index is 0.455. The van der Waals surface area contributed by atoms with Crippen molar-refractivity contribution < 1.29 is 4.74 Å². The monoisotopic (exact) mass is 242 g/mol. The summed E-state index contributed by atoms with van der Waals surface area (Å²) in [4.78, 5) is 2.43. The lowest BCUT2D eigenvalue weighted by molar-refractivity contribution is 0.0667. The van der Waals surface area contributed by atoms with Crippen molar-refractivity contribution in [2.45, 2.75) is 57.5 Å². The maximum atomic E-state index is 6.01. The molecule has 102 valence electrons. The Morgan fingerprint density at radius 3 is 2.29 bits per heavy atom. The van der Waals surface area contributed by atoms with Crippen LogP contribution in [0.15, 0.2) is 0 Å². The van der Waals surface area contributed by atoms with Crippen LogP contribution in [0, 0.1) is 5.92 Å². The van der Waals surface area contributed by atoms with Gasteiger partial charge in [-0.1, -0.05) is 25.7 Å². The molecule has 2 atom stereocenters. The van der Waals surface area contributed by atoms with E-state index in [2.05, 4.69) is 18.9 Å². The summed E-state index contributed by atoms with van der Waals surface area (Å²) in [6, 6.07) is 0.982. The van der Waals surface area contributed by atoms with Crippen molar-refractivity contribution in [2.24, 2.45) is 11.7 Å². The second-order valence-electron chi connectivity index (χ2n) is 5.52. The Kier molecular flexibility index (Phi) is 7.09. The quantitative estimate of drug-likeness (QED) is 0.726. The van der Waals surface area contributed by atoms with Gasteiger partial charge >= 0.3 is 0 Å². The van der Waals surface area contributed by atoms with E-state index < -0.39 is 0 Å². The Bertz CT molecular complexity index is 191. The van der Waals surface area contributed by atoms with E-state index >= 15 is 0 Å². The van der Waals surface area contributed by atoms with E-state index in [0.29, 0.717) is 12.1 Å². The maximum Gasteiger partial charge on any atom is 0.0615 e. The summed E-state index contributed by atoms with van der Waals surface area (Å²) in [7, 11) is 3.97. The normalized spacial score (nSPS) is 22.4. The Hall–Kier alpha value is -0.120. The highest BCUT2D eigenvalue weighted by Gasteiger charge is 2.27. The molecule has 17 heavy (non-hydrogen) atoms. The van der Waals surface area contributed by atoms with Crippen LogP contribution in [0.4, 0.5) is 0 Å². The van der Waals surface area contributed by atoms with Crippen molar-refractivity contribution in [3.63, 3.8) is 0 Å². The Morgan fingerprint density at radius 1 is 1.24 bits per heavy atom. The second kappa shape index (κ2) is 8.06. The topological polar surface area (TPSA) is 38.5 Å². The van der Waals surface area contributed by atoms with Gasteiger partial charge in [-0.3, -0.25) is 4.90 Å². The van der Waals surface area contributed by atoms with Crippen molar-refractivity contribution in [1.82, 2.24) is 4.90 Å². The molecule has 0 heterocycles. The zero-order valence-corrected chi connectivity index (χ0v) is 11.8. The van der Waals surface area contributed by atoms with E-state index in [4.69, 9.17) is 10.5 Å². The van der Waals surface area contributed by atoms with Crippen LogP contribution in [0.3, 0.4) is 0 Å². The average Bonchev–Trinajstić information content (AvgIpc) is 2.59. The first-order valence-electron chi connectivity index (χ1n) is 7.11. The fourth-order valence-electron chi connectivity index (χ4n) is 3.07. The highest BCUT2D eigenvalue weighted by molar-refractivity contribution is 4.82. The highest BCUT2D eigenvalue weighted by Crippen LogP contribution is 2.28. The lowest BCUT2D eigenvalue weighted by Gasteiger charge is -2.37. The first kappa shape index (κ1) is 14.9. The van der Waals surface area contributed by atoms with Crippen molar-refractivity contribution in [3.05, 3.63) is 0 Å². The minimum Gasteiger partial charge on any atom is -0.383 e. The summed E-state index contributed by atoms with van der Waals surface area (Å²) in [5.74, 6) is 0.784. The Labute approximate surface area is 107 Å². The van der Waals surface area contributed by atoms with Gasteiger partial charge in [0, 0.05) is 25.7 Å². The molecule has 1 saturated carbocycles. The predicted octanol–water partition coefficient (Wildman–Crippen LogP) is 2.25. The molecule has 3 nitrogen and oxygen atoms in total. The van der Waals surface area contributed by atoms with Crippen molar-refractivity contribution in [3.8, 4) is 0 Å². The lowest BCUT2D eigenvalue weighted by Crippen LogP contribution is -2.48. The number of nitrogens with zero attached hydrogens (tertiary/aromatic N) is 1. The SMILES string of the molecule is COCC(C)N(C)C(CN)C1CCCCCC1. The highest BCUT2D eigenvalue weighted by atomic mass is 16.5. The number of ether oxygens (including phenoxy) is 1. The van der Waals surface area contributed by atoms with Gasteiger partial charge in [-0.15, -0.1) is 0 Å².